The minimum Gasteiger partial charge on any atom is -0.278 e. The molecule has 1 aliphatic carbocycles. The van der Waals surface area contributed by atoms with Crippen LogP contribution in [0.2, 0.25) is 5.02 Å². The van der Waals surface area contributed by atoms with Crippen LogP contribution in [0.3, 0.4) is 0 Å². The van der Waals surface area contributed by atoms with E-state index in [1.807, 2.05) is 0 Å². The number of nitrogens with one attached hydrogen (secondary N) is 1. The number of H-pyrrole nitrogens is 1. The molecule has 1 N–H and O–H groups in total. The van der Waals surface area contributed by atoms with Gasteiger partial charge in [-0.25, -0.2) is 4.98 Å². The Morgan fingerprint density at radius 2 is 1.92 bits per heavy atom. The summed E-state index contributed by atoms with van der Waals surface area (Å²) < 4.78 is 1.77. The smallest absolute Gasteiger partial charge is 0.194 e. The van der Waals surface area contributed by atoms with E-state index in [0.29, 0.717) is 0 Å². The van der Waals surface area contributed by atoms with E-state index in [1.165, 1.54) is 48.8 Å². The summed E-state index contributed by atoms with van der Waals surface area (Å²) in [6.07, 6.45) is 6.18. The Balaban J connectivity index is 1.72. The van der Waals surface area contributed by atoms with Crippen LogP contribution in [0.5, 0.6) is 0 Å². The lowest BCUT2D eigenvalue weighted by atomic mass is 9.73. The summed E-state index contributed by atoms with van der Waals surface area (Å²) in [7, 11) is 0. The predicted molar refractivity (Wildman–Crippen MR) is 106 cm³/mol. The molecule has 3 aromatic rings. The molecule has 1 aliphatic rings. The van der Waals surface area contributed by atoms with Crippen molar-refractivity contribution in [2.75, 3.05) is 0 Å². The molecule has 0 saturated heterocycles. The van der Waals surface area contributed by atoms with Crippen LogP contribution >= 0.6 is 11.6 Å². The second kappa shape index (κ2) is 6.41. The summed E-state index contributed by atoms with van der Waals surface area (Å²) in [5, 5.41) is 8.91. The van der Waals surface area contributed by atoms with Crippen LogP contribution in [0, 0.1) is 13.8 Å². The van der Waals surface area contributed by atoms with Crippen molar-refractivity contribution in [3.8, 4) is 0 Å². The van der Waals surface area contributed by atoms with E-state index in [0.717, 1.165) is 22.2 Å². The van der Waals surface area contributed by atoms with Crippen molar-refractivity contribution in [1.29, 1.82) is 0 Å². The molecule has 0 radical (unpaired) electrons. The number of rotatable bonds is 3. The molecule has 5 heteroatoms. The third kappa shape index (κ3) is 2.84. The van der Waals surface area contributed by atoms with E-state index < -0.39 is 0 Å². The molecule has 4 rings (SSSR count). The van der Waals surface area contributed by atoms with Gasteiger partial charge < -0.3 is 0 Å². The average Bonchev–Trinajstić information content (AvgIpc) is 3.17. The number of benzene rings is 1. The topological polar surface area (TPSA) is 46.0 Å². The molecule has 1 saturated carbocycles. The summed E-state index contributed by atoms with van der Waals surface area (Å²) in [6, 6.07) is 6.54. The molecule has 1 fully saturated rings. The molecule has 1 unspecified atom stereocenters. The number of nitrogens with zero attached hydrogens (tertiary/aromatic N) is 3. The van der Waals surface area contributed by atoms with Crippen LogP contribution in [0.25, 0.3) is 5.65 Å². The zero-order valence-corrected chi connectivity index (χ0v) is 16.8. The highest BCUT2D eigenvalue weighted by atomic mass is 35.5. The molecule has 0 amide bonds. The minimum atomic E-state index is 0.108. The number of hydrogen-bond acceptors (Lipinski definition) is 2. The molecule has 1 atom stereocenters. The molecule has 0 spiro atoms. The van der Waals surface area contributed by atoms with E-state index in [4.69, 9.17) is 21.7 Å². The Kier molecular flexibility index (Phi) is 4.34. The van der Waals surface area contributed by atoms with Crippen LogP contribution in [-0.2, 0) is 5.41 Å². The number of fused-ring (bicyclic) bond motifs is 1. The van der Waals surface area contributed by atoms with E-state index in [2.05, 4.69) is 51.0 Å². The van der Waals surface area contributed by atoms with Gasteiger partial charge in [-0.15, -0.1) is 5.10 Å². The van der Waals surface area contributed by atoms with Gasteiger partial charge in [0.1, 0.15) is 5.02 Å². The van der Waals surface area contributed by atoms with Gasteiger partial charge in [0.2, 0.25) is 0 Å². The zero-order chi connectivity index (χ0) is 18.5. The Hall–Kier alpha value is -1.81. The Labute approximate surface area is 160 Å². The highest BCUT2D eigenvalue weighted by Crippen LogP contribution is 2.42. The van der Waals surface area contributed by atoms with Crippen LogP contribution < -0.4 is 0 Å². The molecule has 0 aliphatic heterocycles. The van der Waals surface area contributed by atoms with Crippen LogP contribution in [-0.4, -0.2) is 19.8 Å². The Bertz CT molecular complexity index is 946. The van der Waals surface area contributed by atoms with Crippen molar-refractivity contribution >= 4 is 17.2 Å². The van der Waals surface area contributed by atoms with Crippen molar-refractivity contribution in [3.63, 3.8) is 0 Å². The Morgan fingerprint density at radius 1 is 1.19 bits per heavy atom. The molecule has 26 heavy (non-hydrogen) atoms. The zero-order valence-electron chi connectivity index (χ0n) is 16.1. The second-order valence-corrected chi connectivity index (χ2v) is 8.59. The number of aromatic amines is 1. The van der Waals surface area contributed by atoms with Gasteiger partial charge in [-0.3, -0.25) is 5.10 Å². The van der Waals surface area contributed by atoms with Gasteiger partial charge >= 0.3 is 0 Å². The van der Waals surface area contributed by atoms with Gasteiger partial charge in [0.15, 0.2) is 11.5 Å². The lowest BCUT2D eigenvalue weighted by Crippen LogP contribution is -2.26. The summed E-state index contributed by atoms with van der Waals surface area (Å²) in [4.78, 5) is 4.79. The first-order valence-electron chi connectivity index (χ1n) is 9.61. The molecule has 138 valence electrons. The first-order valence-corrected chi connectivity index (χ1v) is 9.98. The van der Waals surface area contributed by atoms with Crippen molar-refractivity contribution in [3.05, 3.63) is 51.4 Å². The minimum absolute atomic E-state index is 0.108. The first-order chi connectivity index (χ1) is 12.4. The fraction of sp³-hybridized carbons (Fsp3) is 0.524. The number of aryl methyl sites for hydroxylation is 2. The summed E-state index contributed by atoms with van der Waals surface area (Å²) in [6.45, 7) is 8.73. The summed E-state index contributed by atoms with van der Waals surface area (Å²) in [5.74, 6) is 0.945. The first kappa shape index (κ1) is 17.6. The molecule has 2 heterocycles. The van der Waals surface area contributed by atoms with Crippen molar-refractivity contribution in [2.24, 2.45) is 0 Å². The highest BCUT2D eigenvalue weighted by Gasteiger charge is 2.34. The predicted octanol–water partition coefficient (Wildman–Crippen LogP) is 5.70. The third-order valence-electron chi connectivity index (χ3n) is 6.11. The third-order valence-corrected chi connectivity index (χ3v) is 6.46. The molecule has 2 aromatic heterocycles. The van der Waals surface area contributed by atoms with Crippen molar-refractivity contribution < 1.29 is 0 Å². The number of hydrogen-bond donors (Lipinski definition) is 1. The SMILES string of the molecule is Cc1ccc(C)c(C(C)c2nc3c(Cl)c(C4(C)CCCCC4)[nH]n3n2)c1. The van der Waals surface area contributed by atoms with E-state index >= 15 is 0 Å². The second-order valence-electron chi connectivity index (χ2n) is 8.21. The Morgan fingerprint density at radius 3 is 2.62 bits per heavy atom. The monoisotopic (exact) mass is 370 g/mol. The van der Waals surface area contributed by atoms with Gasteiger partial charge in [0.25, 0.3) is 0 Å². The molecule has 4 nitrogen and oxygen atoms in total. The standard InChI is InChI=1S/C21H27ClN4/c1-13-8-9-14(2)16(12-13)15(3)19-23-20-17(22)18(24-26(20)25-19)21(4)10-6-5-7-11-21/h8-9,12,15,24H,5-7,10-11H2,1-4H3. The van der Waals surface area contributed by atoms with E-state index in [-0.39, 0.29) is 11.3 Å². The summed E-state index contributed by atoms with van der Waals surface area (Å²) >= 11 is 6.75. The number of aromatic nitrogens is 4. The lowest BCUT2D eigenvalue weighted by molar-refractivity contribution is 0.310. The van der Waals surface area contributed by atoms with Gasteiger partial charge in [-0.05, 0) is 37.8 Å². The van der Waals surface area contributed by atoms with E-state index in [9.17, 15) is 0 Å². The largest absolute Gasteiger partial charge is 0.278 e. The maximum atomic E-state index is 6.75. The van der Waals surface area contributed by atoms with Crippen LogP contribution in [0.1, 0.15) is 80.1 Å². The lowest BCUT2D eigenvalue weighted by Gasteiger charge is -2.32. The van der Waals surface area contributed by atoms with Gasteiger partial charge in [0.05, 0.1) is 5.69 Å². The average molecular weight is 371 g/mol. The fourth-order valence-electron chi connectivity index (χ4n) is 4.35. The molecular weight excluding hydrogens is 344 g/mol. The number of halogens is 1. The molecule has 1 aromatic carbocycles. The van der Waals surface area contributed by atoms with Crippen LogP contribution in [0.4, 0.5) is 0 Å². The van der Waals surface area contributed by atoms with Gasteiger partial charge in [-0.1, -0.05) is 68.5 Å². The maximum absolute atomic E-state index is 6.75. The van der Waals surface area contributed by atoms with E-state index in [1.54, 1.807) is 4.63 Å². The van der Waals surface area contributed by atoms with Gasteiger partial charge in [0, 0.05) is 11.3 Å². The van der Waals surface area contributed by atoms with Crippen molar-refractivity contribution in [1.82, 2.24) is 19.8 Å². The highest BCUT2D eigenvalue weighted by molar-refractivity contribution is 6.34. The van der Waals surface area contributed by atoms with Crippen LogP contribution in [0.15, 0.2) is 18.2 Å². The molecule has 0 bridgehead atoms. The van der Waals surface area contributed by atoms with Crippen molar-refractivity contribution in [2.45, 2.75) is 71.1 Å². The fourth-order valence-corrected chi connectivity index (χ4v) is 4.74. The maximum Gasteiger partial charge on any atom is 0.194 e. The summed E-state index contributed by atoms with van der Waals surface area (Å²) in [5.41, 5.74) is 5.75. The normalized spacial score (nSPS) is 18.3. The quantitative estimate of drug-likeness (QED) is 0.642. The van der Waals surface area contributed by atoms with Gasteiger partial charge in [-0.2, -0.15) is 4.63 Å². The molecular formula is C21H27ClN4.